The van der Waals surface area contributed by atoms with Crippen molar-refractivity contribution in [1.29, 1.82) is 5.26 Å². The Kier molecular flexibility index (Phi) is 4.05. The van der Waals surface area contributed by atoms with E-state index in [1.165, 1.54) is 0 Å². The lowest BCUT2D eigenvalue weighted by Gasteiger charge is -2.22. The van der Waals surface area contributed by atoms with Crippen molar-refractivity contribution < 1.29 is 4.52 Å². The van der Waals surface area contributed by atoms with Crippen LogP contribution in [0.15, 0.2) is 4.52 Å². The molecule has 0 fully saturated rings. The maximum atomic E-state index is 8.79. The number of nitriles is 1. The number of hydrogen-bond acceptors (Lipinski definition) is 4. The van der Waals surface area contributed by atoms with Crippen molar-refractivity contribution in [2.75, 3.05) is 0 Å². The molecule has 0 aliphatic heterocycles. The molecule has 0 N–H and O–H groups in total. The third kappa shape index (κ3) is 3.06. The Labute approximate surface area is 96.7 Å². The smallest absolute Gasteiger partial charge is 0.227 e. The molecule has 0 amide bonds. The van der Waals surface area contributed by atoms with Crippen LogP contribution >= 0.6 is 0 Å². The molecule has 0 saturated carbocycles. The maximum absolute atomic E-state index is 8.79. The van der Waals surface area contributed by atoms with Crippen LogP contribution in [0.5, 0.6) is 0 Å². The maximum Gasteiger partial charge on any atom is 0.227 e. The number of aromatic nitrogens is 2. The molecular weight excluding hydrogens is 202 g/mol. The van der Waals surface area contributed by atoms with Gasteiger partial charge in [-0.2, -0.15) is 10.2 Å². The van der Waals surface area contributed by atoms with Crippen LogP contribution in [0.2, 0.25) is 0 Å². The zero-order valence-electron chi connectivity index (χ0n) is 10.4. The first-order valence-electron chi connectivity index (χ1n) is 5.70. The average Bonchev–Trinajstić information content (AvgIpc) is 2.66. The SMILES string of the molecule is CCC(C)(CC#N)Cc1nc(C(C)C)no1. The van der Waals surface area contributed by atoms with Crippen molar-refractivity contribution in [3.8, 4) is 6.07 Å². The first kappa shape index (κ1) is 12.7. The van der Waals surface area contributed by atoms with E-state index in [0.717, 1.165) is 12.2 Å². The van der Waals surface area contributed by atoms with Gasteiger partial charge >= 0.3 is 0 Å². The summed E-state index contributed by atoms with van der Waals surface area (Å²) in [5.41, 5.74) is -0.0600. The summed E-state index contributed by atoms with van der Waals surface area (Å²) >= 11 is 0. The fourth-order valence-electron chi connectivity index (χ4n) is 1.44. The minimum atomic E-state index is -0.0600. The molecule has 1 aromatic rings. The Morgan fingerprint density at radius 1 is 1.50 bits per heavy atom. The molecule has 4 heteroatoms. The van der Waals surface area contributed by atoms with Crippen molar-refractivity contribution in [3.05, 3.63) is 11.7 Å². The Morgan fingerprint density at radius 3 is 2.62 bits per heavy atom. The summed E-state index contributed by atoms with van der Waals surface area (Å²) in [5.74, 6) is 1.66. The van der Waals surface area contributed by atoms with Crippen LogP contribution in [0.25, 0.3) is 0 Å². The molecule has 1 atom stereocenters. The number of nitrogens with zero attached hydrogens (tertiary/aromatic N) is 3. The van der Waals surface area contributed by atoms with Gasteiger partial charge in [-0.25, -0.2) is 0 Å². The molecule has 4 nitrogen and oxygen atoms in total. The number of hydrogen-bond donors (Lipinski definition) is 0. The minimum Gasteiger partial charge on any atom is -0.339 e. The van der Waals surface area contributed by atoms with E-state index in [9.17, 15) is 0 Å². The molecule has 0 aliphatic carbocycles. The third-order valence-corrected chi connectivity index (χ3v) is 2.94. The van der Waals surface area contributed by atoms with Crippen molar-refractivity contribution in [2.45, 2.75) is 52.9 Å². The lowest BCUT2D eigenvalue weighted by Crippen LogP contribution is -2.18. The van der Waals surface area contributed by atoms with Crippen LogP contribution in [0.3, 0.4) is 0 Å². The van der Waals surface area contributed by atoms with Crippen molar-refractivity contribution >= 4 is 0 Å². The Bertz CT molecular complexity index is 378. The van der Waals surface area contributed by atoms with Gasteiger partial charge in [0.05, 0.1) is 6.07 Å². The highest BCUT2D eigenvalue weighted by Crippen LogP contribution is 2.29. The molecule has 0 saturated heterocycles. The van der Waals surface area contributed by atoms with Crippen molar-refractivity contribution in [3.63, 3.8) is 0 Å². The second-order valence-corrected chi connectivity index (χ2v) is 4.88. The molecule has 1 heterocycles. The van der Waals surface area contributed by atoms with E-state index in [1.807, 2.05) is 13.8 Å². The average molecular weight is 221 g/mol. The van der Waals surface area contributed by atoms with E-state index in [-0.39, 0.29) is 11.3 Å². The first-order valence-corrected chi connectivity index (χ1v) is 5.70. The quantitative estimate of drug-likeness (QED) is 0.766. The van der Waals surface area contributed by atoms with E-state index < -0.39 is 0 Å². The lowest BCUT2D eigenvalue weighted by molar-refractivity contribution is 0.265. The highest BCUT2D eigenvalue weighted by atomic mass is 16.5. The third-order valence-electron chi connectivity index (χ3n) is 2.94. The highest BCUT2D eigenvalue weighted by Gasteiger charge is 2.25. The largest absolute Gasteiger partial charge is 0.339 e. The standard InChI is InChI=1S/C12H19N3O/c1-5-12(4,6-7-13)8-10-14-11(9(2)3)15-16-10/h9H,5-6,8H2,1-4H3. The topological polar surface area (TPSA) is 62.7 Å². The van der Waals surface area contributed by atoms with Gasteiger partial charge in [0.1, 0.15) is 0 Å². The zero-order chi connectivity index (χ0) is 12.2. The zero-order valence-corrected chi connectivity index (χ0v) is 10.4. The Morgan fingerprint density at radius 2 is 2.19 bits per heavy atom. The molecule has 0 spiro atoms. The monoisotopic (exact) mass is 221 g/mol. The van der Waals surface area contributed by atoms with Gasteiger partial charge in [-0.15, -0.1) is 0 Å². The molecule has 16 heavy (non-hydrogen) atoms. The molecule has 1 rings (SSSR count). The predicted octanol–water partition coefficient (Wildman–Crippen LogP) is 3.07. The van der Waals surface area contributed by atoms with Crippen LogP contribution in [-0.4, -0.2) is 10.1 Å². The van der Waals surface area contributed by atoms with Crippen LogP contribution < -0.4 is 0 Å². The van der Waals surface area contributed by atoms with Crippen LogP contribution in [0, 0.1) is 16.7 Å². The fraction of sp³-hybridized carbons (Fsp3) is 0.750. The van der Waals surface area contributed by atoms with E-state index in [1.54, 1.807) is 0 Å². The molecule has 1 aromatic heterocycles. The van der Waals surface area contributed by atoms with Gasteiger partial charge in [0, 0.05) is 18.8 Å². The van der Waals surface area contributed by atoms with Crippen LogP contribution in [0.1, 0.15) is 58.2 Å². The highest BCUT2D eigenvalue weighted by molar-refractivity contribution is 4.96. The van der Waals surface area contributed by atoms with Gasteiger partial charge in [0.25, 0.3) is 0 Å². The summed E-state index contributed by atoms with van der Waals surface area (Å²) in [6.07, 6.45) is 2.12. The van der Waals surface area contributed by atoms with Crippen molar-refractivity contribution in [1.82, 2.24) is 10.1 Å². The van der Waals surface area contributed by atoms with Gasteiger partial charge in [0.2, 0.25) is 5.89 Å². The van der Waals surface area contributed by atoms with E-state index in [4.69, 9.17) is 9.78 Å². The van der Waals surface area contributed by atoms with Gasteiger partial charge in [-0.1, -0.05) is 32.9 Å². The molecular formula is C12H19N3O. The van der Waals surface area contributed by atoms with Gasteiger partial charge in [-0.3, -0.25) is 0 Å². The van der Waals surface area contributed by atoms with Crippen molar-refractivity contribution in [2.24, 2.45) is 5.41 Å². The second-order valence-electron chi connectivity index (χ2n) is 4.88. The summed E-state index contributed by atoms with van der Waals surface area (Å²) < 4.78 is 5.20. The normalized spacial score (nSPS) is 14.8. The molecule has 1 unspecified atom stereocenters. The van der Waals surface area contributed by atoms with E-state index in [0.29, 0.717) is 18.7 Å². The first-order chi connectivity index (χ1) is 7.50. The van der Waals surface area contributed by atoms with Crippen LogP contribution in [-0.2, 0) is 6.42 Å². The van der Waals surface area contributed by atoms with Gasteiger partial charge in [0.15, 0.2) is 5.82 Å². The molecule has 88 valence electrons. The minimum absolute atomic E-state index is 0.0600. The summed E-state index contributed by atoms with van der Waals surface area (Å²) in [6.45, 7) is 8.22. The van der Waals surface area contributed by atoms with E-state index >= 15 is 0 Å². The van der Waals surface area contributed by atoms with E-state index in [2.05, 4.69) is 30.1 Å². The molecule has 0 aromatic carbocycles. The predicted molar refractivity (Wildman–Crippen MR) is 60.7 cm³/mol. The summed E-state index contributed by atoms with van der Waals surface area (Å²) in [4.78, 5) is 4.34. The molecule has 0 bridgehead atoms. The summed E-state index contributed by atoms with van der Waals surface area (Å²) in [5, 5.41) is 12.7. The number of rotatable bonds is 5. The van der Waals surface area contributed by atoms with Gasteiger partial charge < -0.3 is 4.52 Å². The van der Waals surface area contributed by atoms with Crippen LogP contribution in [0.4, 0.5) is 0 Å². The lowest BCUT2D eigenvalue weighted by atomic mass is 9.81. The Balaban J connectivity index is 2.75. The summed E-state index contributed by atoms with van der Waals surface area (Å²) in [6, 6.07) is 2.22. The second kappa shape index (κ2) is 5.11. The van der Waals surface area contributed by atoms with Gasteiger partial charge in [-0.05, 0) is 11.8 Å². The Hall–Kier alpha value is -1.37. The fourth-order valence-corrected chi connectivity index (χ4v) is 1.44. The molecule has 0 aliphatic rings. The molecule has 0 radical (unpaired) electrons. The summed E-state index contributed by atoms with van der Waals surface area (Å²) in [7, 11) is 0.